The van der Waals surface area contributed by atoms with Crippen LogP contribution in [0.2, 0.25) is 4.34 Å². The highest BCUT2D eigenvalue weighted by molar-refractivity contribution is 7.22. The molecule has 1 aromatic carbocycles. The molecule has 0 fully saturated rings. The van der Waals surface area contributed by atoms with Crippen LogP contribution in [-0.2, 0) is 0 Å². The maximum absolute atomic E-state index is 13.0. The van der Waals surface area contributed by atoms with E-state index in [0.717, 1.165) is 28.3 Å². The predicted molar refractivity (Wildman–Crippen MR) is 116 cm³/mol. The summed E-state index contributed by atoms with van der Waals surface area (Å²) in [5.74, 6) is -0.0357. The Morgan fingerprint density at radius 1 is 1.15 bits per heavy atom. The number of amides is 1. The molecule has 0 aliphatic heterocycles. The van der Waals surface area contributed by atoms with Crippen molar-refractivity contribution in [2.45, 2.75) is 13.3 Å². The lowest BCUT2D eigenvalue weighted by atomic mass is 10.2. The van der Waals surface area contributed by atoms with Gasteiger partial charge in [-0.3, -0.25) is 9.69 Å². The largest absolute Gasteiger partial charge is 0.309 e. The van der Waals surface area contributed by atoms with Gasteiger partial charge in [0.1, 0.15) is 0 Å². The van der Waals surface area contributed by atoms with Crippen LogP contribution >= 0.6 is 46.7 Å². The van der Waals surface area contributed by atoms with E-state index in [1.165, 1.54) is 16.9 Å². The summed E-state index contributed by atoms with van der Waals surface area (Å²) in [4.78, 5) is 22.2. The van der Waals surface area contributed by atoms with E-state index in [9.17, 15) is 4.79 Å². The molecule has 3 aromatic rings. The smallest absolute Gasteiger partial charge is 0.270 e. The van der Waals surface area contributed by atoms with Crippen molar-refractivity contribution in [2.75, 3.05) is 32.1 Å². The van der Waals surface area contributed by atoms with Crippen LogP contribution in [0.4, 0.5) is 5.13 Å². The lowest BCUT2D eigenvalue weighted by Gasteiger charge is -2.20. The average molecular weight is 430 g/mol. The summed E-state index contributed by atoms with van der Waals surface area (Å²) in [6, 6.07) is 9.71. The zero-order valence-corrected chi connectivity index (χ0v) is 18.1. The molecule has 0 N–H and O–H groups in total. The van der Waals surface area contributed by atoms with E-state index in [2.05, 4.69) is 22.9 Å². The molecule has 8 heteroatoms. The van der Waals surface area contributed by atoms with Gasteiger partial charge in [-0.15, -0.1) is 23.7 Å². The molecular formula is C18H21Cl2N3OS2. The number of carbonyl (C=O) groups is 1. The minimum absolute atomic E-state index is 0. The fourth-order valence-corrected chi connectivity index (χ4v) is 4.61. The molecule has 0 saturated heterocycles. The summed E-state index contributed by atoms with van der Waals surface area (Å²) >= 11 is 8.88. The molecule has 4 nitrogen and oxygen atoms in total. The van der Waals surface area contributed by atoms with Gasteiger partial charge in [-0.25, -0.2) is 4.98 Å². The van der Waals surface area contributed by atoms with Crippen LogP contribution in [0.15, 0.2) is 30.3 Å². The number of carbonyl (C=O) groups excluding carboxylic acids is 1. The van der Waals surface area contributed by atoms with Gasteiger partial charge in [-0.1, -0.05) is 29.0 Å². The highest BCUT2D eigenvalue weighted by atomic mass is 35.5. The first-order valence-electron chi connectivity index (χ1n) is 8.03. The molecule has 140 valence electrons. The van der Waals surface area contributed by atoms with E-state index >= 15 is 0 Å². The molecule has 1 amide bonds. The molecular weight excluding hydrogens is 409 g/mol. The third-order valence-corrected chi connectivity index (χ3v) is 6.04. The fraction of sp³-hybridized carbons (Fsp3) is 0.333. The van der Waals surface area contributed by atoms with Gasteiger partial charge in [0.25, 0.3) is 5.91 Å². The van der Waals surface area contributed by atoms with Crippen LogP contribution in [0.3, 0.4) is 0 Å². The number of fused-ring (bicyclic) bond motifs is 1. The molecule has 0 aliphatic rings. The SMILES string of the molecule is Cc1ccc2nc(N(CCCN(C)C)C(=O)c3ccc(Cl)s3)sc2c1.Cl. The van der Waals surface area contributed by atoms with E-state index in [4.69, 9.17) is 11.6 Å². The molecule has 3 rings (SSSR count). The van der Waals surface area contributed by atoms with Crippen LogP contribution < -0.4 is 4.90 Å². The summed E-state index contributed by atoms with van der Waals surface area (Å²) in [6.07, 6.45) is 0.882. The number of thiazole rings is 1. The van der Waals surface area contributed by atoms with Gasteiger partial charge in [0, 0.05) is 6.54 Å². The number of aryl methyl sites for hydroxylation is 1. The topological polar surface area (TPSA) is 36.4 Å². The van der Waals surface area contributed by atoms with Gasteiger partial charge in [-0.2, -0.15) is 0 Å². The van der Waals surface area contributed by atoms with Crippen molar-refractivity contribution in [3.63, 3.8) is 0 Å². The standard InChI is InChI=1S/C18H20ClN3OS2.ClH/c1-12-5-6-13-15(11-12)25-18(20-13)22(10-4-9-21(2)3)17(23)14-7-8-16(19)24-14;/h5-8,11H,4,9-10H2,1-3H3;1H. The zero-order valence-electron chi connectivity index (χ0n) is 14.9. The first-order chi connectivity index (χ1) is 11.9. The Kier molecular flexibility index (Phi) is 7.43. The first kappa shape index (κ1) is 21.1. The van der Waals surface area contributed by atoms with Gasteiger partial charge in [0.05, 0.1) is 19.4 Å². The number of halogens is 2. The second-order valence-electron chi connectivity index (χ2n) is 6.18. The zero-order chi connectivity index (χ0) is 18.0. The van der Waals surface area contributed by atoms with E-state index in [1.54, 1.807) is 28.4 Å². The maximum Gasteiger partial charge on any atom is 0.270 e. The van der Waals surface area contributed by atoms with Crippen LogP contribution in [0.5, 0.6) is 0 Å². The highest BCUT2D eigenvalue weighted by Crippen LogP contribution is 2.32. The molecule has 0 radical (unpaired) electrons. The highest BCUT2D eigenvalue weighted by Gasteiger charge is 2.22. The van der Waals surface area contributed by atoms with Crippen molar-refractivity contribution in [1.29, 1.82) is 0 Å². The molecule has 0 atom stereocenters. The Morgan fingerprint density at radius 3 is 2.58 bits per heavy atom. The van der Waals surface area contributed by atoms with Crippen LogP contribution in [0.1, 0.15) is 21.7 Å². The maximum atomic E-state index is 13.0. The van der Waals surface area contributed by atoms with Gasteiger partial charge < -0.3 is 4.90 Å². The first-order valence-corrected chi connectivity index (χ1v) is 10.0. The molecule has 0 bridgehead atoms. The van der Waals surface area contributed by atoms with Gasteiger partial charge in [-0.05, 0) is 63.8 Å². The minimum Gasteiger partial charge on any atom is -0.309 e. The number of thiophene rings is 1. The number of anilines is 1. The third-order valence-electron chi connectivity index (χ3n) is 3.78. The summed E-state index contributed by atoms with van der Waals surface area (Å²) in [5, 5.41) is 0.744. The monoisotopic (exact) mass is 429 g/mol. The van der Waals surface area contributed by atoms with Crippen molar-refractivity contribution in [3.8, 4) is 0 Å². The van der Waals surface area contributed by atoms with Crippen LogP contribution in [-0.4, -0.2) is 43.0 Å². The second-order valence-corrected chi connectivity index (χ2v) is 8.91. The molecule has 0 spiro atoms. The van der Waals surface area contributed by atoms with Gasteiger partial charge >= 0.3 is 0 Å². The summed E-state index contributed by atoms with van der Waals surface area (Å²) in [7, 11) is 4.07. The quantitative estimate of drug-likeness (QED) is 0.530. The van der Waals surface area contributed by atoms with E-state index < -0.39 is 0 Å². The van der Waals surface area contributed by atoms with E-state index in [-0.39, 0.29) is 18.3 Å². The number of hydrogen-bond donors (Lipinski definition) is 0. The lowest BCUT2D eigenvalue weighted by Crippen LogP contribution is -2.32. The second kappa shape index (κ2) is 9.15. The van der Waals surface area contributed by atoms with Crippen molar-refractivity contribution < 1.29 is 4.79 Å². The third kappa shape index (κ3) is 4.96. The number of aromatic nitrogens is 1. The van der Waals surface area contributed by atoms with Gasteiger partial charge in [0.15, 0.2) is 5.13 Å². The Labute approximate surface area is 172 Å². The normalized spacial score (nSPS) is 11.0. The van der Waals surface area contributed by atoms with Crippen LogP contribution in [0.25, 0.3) is 10.2 Å². The molecule has 2 aromatic heterocycles. The van der Waals surface area contributed by atoms with Crippen molar-refractivity contribution >= 4 is 67.9 Å². The molecule has 26 heavy (non-hydrogen) atoms. The van der Waals surface area contributed by atoms with Crippen molar-refractivity contribution in [1.82, 2.24) is 9.88 Å². The molecule has 0 aliphatic carbocycles. The number of benzene rings is 1. The van der Waals surface area contributed by atoms with Crippen LogP contribution in [0, 0.1) is 6.92 Å². The van der Waals surface area contributed by atoms with Gasteiger partial charge in [0.2, 0.25) is 0 Å². The number of rotatable bonds is 6. The predicted octanol–water partition coefficient (Wildman–Crippen LogP) is 5.34. The van der Waals surface area contributed by atoms with Crippen molar-refractivity contribution in [3.05, 3.63) is 45.1 Å². The number of nitrogens with zero attached hydrogens (tertiary/aromatic N) is 3. The Hall–Kier alpha value is -1.18. The van der Waals surface area contributed by atoms with E-state index in [1.807, 2.05) is 26.2 Å². The minimum atomic E-state index is -0.0357. The van der Waals surface area contributed by atoms with Crippen molar-refractivity contribution in [2.24, 2.45) is 0 Å². The fourth-order valence-electron chi connectivity index (χ4n) is 2.53. The molecule has 0 saturated carbocycles. The lowest BCUT2D eigenvalue weighted by molar-refractivity contribution is 0.0990. The Morgan fingerprint density at radius 2 is 1.92 bits per heavy atom. The number of hydrogen-bond acceptors (Lipinski definition) is 5. The molecule has 0 unspecified atom stereocenters. The Balaban J connectivity index is 0.00000243. The van der Waals surface area contributed by atoms with E-state index in [0.29, 0.717) is 15.8 Å². The summed E-state index contributed by atoms with van der Waals surface area (Å²) in [6.45, 7) is 3.61. The Bertz CT molecular complexity index is 892. The summed E-state index contributed by atoms with van der Waals surface area (Å²) in [5.41, 5.74) is 2.12. The summed E-state index contributed by atoms with van der Waals surface area (Å²) < 4.78 is 1.72. The molecule has 2 heterocycles. The average Bonchev–Trinajstić information content (AvgIpc) is 3.16.